The third-order valence-corrected chi connectivity index (χ3v) is 5.15. The van der Waals surface area contributed by atoms with Gasteiger partial charge in [-0.2, -0.15) is 0 Å². The van der Waals surface area contributed by atoms with E-state index in [2.05, 4.69) is 37.6 Å². The van der Waals surface area contributed by atoms with Gasteiger partial charge in [0.05, 0.1) is 20.3 Å². The molecule has 2 rings (SSSR count). The second-order valence-electron chi connectivity index (χ2n) is 7.98. The van der Waals surface area contributed by atoms with E-state index >= 15 is 0 Å². The third kappa shape index (κ3) is 9.40. The molecule has 1 aliphatic rings. The van der Waals surface area contributed by atoms with Gasteiger partial charge >= 0.3 is 0 Å². The first-order valence-electron chi connectivity index (χ1n) is 11.2. The summed E-state index contributed by atoms with van der Waals surface area (Å²) in [5, 5.41) is 6.43. The summed E-state index contributed by atoms with van der Waals surface area (Å²) in [5.41, 5.74) is 1.23. The van der Waals surface area contributed by atoms with Crippen LogP contribution < -0.4 is 20.1 Å². The number of carbonyl (C=O) groups excluding carboxylic acids is 1. The van der Waals surface area contributed by atoms with Crippen molar-refractivity contribution in [3.63, 3.8) is 0 Å². The molecule has 0 radical (unpaired) electrons. The zero-order chi connectivity index (χ0) is 22.6. The van der Waals surface area contributed by atoms with Crippen molar-refractivity contribution in [1.29, 1.82) is 0 Å². The van der Waals surface area contributed by atoms with Crippen LogP contribution >= 0.6 is 24.0 Å². The van der Waals surface area contributed by atoms with Crippen molar-refractivity contribution in [2.45, 2.75) is 39.7 Å². The van der Waals surface area contributed by atoms with Crippen LogP contribution in [-0.2, 0) is 11.2 Å². The van der Waals surface area contributed by atoms with Gasteiger partial charge in [0, 0.05) is 45.8 Å². The summed E-state index contributed by atoms with van der Waals surface area (Å²) in [6.07, 6.45) is 1.94. The van der Waals surface area contributed by atoms with Crippen LogP contribution in [0.15, 0.2) is 23.2 Å². The van der Waals surface area contributed by atoms with E-state index in [9.17, 15) is 4.79 Å². The van der Waals surface area contributed by atoms with E-state index in [4.69, 9.17) is 9.47 Å². The number of nitrogens with one attached hydrogen (secondary N) is 2. The Morgan fingerprint density at radius 1 is 1.19 bits per heavy atom. The molecule has 9 heteroatoms. The molecule has 182 valence electrons. The molecular formula is C23H40IN5O3. The molecule has 0 bridgehead atoms. The van der Waals surface area contributed by atoms with E-state index in [1.807, 2.05) is 33.9 Å². The monoisotopic (exact) mass is 561 g/mol. The van der Waals surface area contributed by atoms with Gasteiger partial charge in [0.15, 0.2) is 17.5 Å². The first-order valence-corrected chi connectivity index (χ1v) is 11.2. The fraction of sp³-hybridized carbons (Fsp3) is 0.652. The molecule has 0 saturated carbocycles. The molecule has 1 heterocycles. The number of guanidine groups is 1. The second-order valence-corrected chi connectivity index (χ2v) is 7.98. The molecule has 0 unspecified atom stereocenters. The van der Waals surface area contributed by atoms with Crippen LogP contribution in [0.3, 0.4) is 0 Å². The maximum absolute atomic E-state index is 12.0. The Bertz CT molecular complexity index is 722. The lowest BCUT2D eigenvalue weighted by Crippen LogP contribution is -2.54. The van der Waals surface area contributed by atoms with Crippen LogP contribution in [0.5, 0.6) is 11.5 Å². The lowest BCUT2D eigenvalue weighted by atomic mass is 10.1. The summed E-state index contributed by atoms with van der Waals surface area (Å²) < 4.78 is 11.0. The molecule has 2 N–H and O–H groups in total. The number of rotatable bonds is 10. The van der Waals surface area contributed by atoms with Gasteiger partial charge in [-0.15, -0.1) is 24.0 Å². The molecule has 0 spiro atoms. The average Bonchev–Trinajstić information content (AvgIpc) is 2.74. The highest BCUT2D eigenvalue weighted by molar-refractivity contribution is 14.0. The number of halogens is 1. The van der Waals surface area contributed by atoms with Gasteiger partial charge in [-0.05, 0) is 51.3 Å². The maximum Gasteiger partial charge on any atom is 0.234 e. The number of carbonyl (C=O) groups is 1. The number of methoxy groups -OCH3 is 1. The number of amides is 1. The van der Waals surface area contributed by atoms with Crippen molar-refractivity contribution in [3.8, 4) is 11.5 Å². The smallest absolute Gasteiger partial charge is 0.234 e. The molecule has 1 aromatic carbocycles. The number of benzene rings is 1. The predicted molar refractivity (Wildman–Crippen MR) is 141 cm³/mol. The lowest BCUT2D eigenvalue weighted by molar-refractivity contribution is -0.123. The average molecular weight is 562 g/mol. The van der Waals surface area contributed by atoms with Crippen molar-refractivity contribution in [2.75, 3.05) is 60.0 Å². The molecule has 0 aliphatic carbocycles. The molecule has 32 heavy (non-hydrogen) atoms. The number of piperazine rings is 1. The predicted octanol–water partition coefficient (Wildman–Crippen LogP) is 2.36. The SMILES string of the molecule is CCOc1cc(CCCNC(=NC)N2CCN(CC(=O)NC(C)C)CC2)ccc1OC.I. The Labute approximate surface area is 210 Å². The summed E-state index contributed by atoms with van der Waals surface area (Å²) in [7, 11) is 3.48. The molecule has 1 aromatic rings. The van der Waals surface area contributed by atoms with Crippen LogP contribution in [0.25, 0.3) is 0 Å². The number of aryl methyl sites for hydroxylation is 1. The van der Waals surface area contributed by atoms with Gasteiger partial charge in [-0.3, -0.25) is 14.7 Å². The lowest BCUT2D eigenvalue weighted by Gasteiger charge is -2.36. The van der Waals surface area contributed by atoms with Crippen LogP contribution in [0.4, 0.5) is 0 Å². The normalized spacial score (nSPS) is 14.7. The van der Waals surface area contributed by atoms with Gasteiger partial charge < -0.3 is 25.0 Å². The van der Waals surface area contributed by atoms with Crippen molar-refractivity contribution >= 4 is 35.8 Å². The van der Waals surface area contributed by atoms with Crippen molar-refractivity contribution < 1.29 is 14.3 Å². The van der Waals surface area contributed by atoms with E-state index in [0.29, 0.717) is 13.2 Å². The zero-order valence-electron chi connectivity index (χ0n) is 20.1. The Morgan fingerprint density at radius 2 is 1.91 bits per heavy atom. The summed E-state index contributed by atoms with van der Waals surface area (Å²) in [6, 6.07) is 6.30. The highest BCUT2D eigenvalue weighted by Crippen LogP contribution is 2.28. The Balaban J connectivity index is 0.00000512. The van der Waals surface area contributed by atoms with E-state index in [-0.39, 0.29) is 35.9 Å². The topological polar surface area (TPSA) is 78.4 Å². The van der Waals surface area contributed by atoms with Crippen molar-refractivity contribution in [3.05, 3.63) is 23.8 Å². The highest BCUT2D eigenvalue weighted by atomic mass is 127. The summed E-state index contributed by atoms with van der Waals surface area (Å²) in [4.78, 5) is 20.9. The van der Waals surface area contributed by atoms with E-state index in [1.165, 1.54) is 5.56 Å². The minimum atomic E-state index is 0. The molecule has 1 amide bonds. The van der Waals surface area contributed by atoms with E-state index in [0.717, 1.165) is 63.0 Å². The van der Waals surface area contributed by atoms with Crippen molar-refractivity contribution in [2.24, 2.45) is 4.99 Å². The van der Waals surface area contributed by atoms with Gasteiger partial charge in [-0.25, -0.2) is 0 Å². The molecule has 0 aromatic heterocycles. The first-order chi connectivity index (χ1) is 15.0. The fourth-order valence-corrected chi connectivity index (χ4v) is 3.66. The minimum Gasteiger partial charge on any atom is -0.493 e. The number of nitrogens with zero attached hydrogens (tertiary/aromatic N) is 3. The van der Waals surface area contributed by atoms with E-state index in [1.54, 1.807) is 7.11 Å². The molecule has 1 aliphatic heterocycles. The zero-order valence-corrected chi connectivity index (χ0v) is 22.5. The molecule has 0 atom stereocenters. The van der Waals surface area contributed by atoms with Crippen LogP contribution in [0.2, 0.25) is 0 Å². The Kier molecular flexibility index (Phi) is 13.4. The quantitative estimate of drug-likeness (QED) is 0.198. The summed E-state index contributed by atoms with van der Waals surface area (Å²) in [5.74, 6) is 2.59. The van der Waals surface area contributed by atoms with Gasteiger partial charge in [0.25, 0.3) is 0 Å². The standard InChI is InChI=1S/C23H39N5O3.HI/c1-6-31-21-16-19(9-10-20(21)30-5)8-7-11-25-23(24-4)28-14-12-27(13-15-28)17-22(29)26-18(2)3;/h9-10,16,18H,6-8,11-15,17H2,1-5H3,(H,24,25)(H,26,29);1H. The molecule has 8 nitrogen and oxygen atoms in total. The molecule has 1 fully saturated rings. The largest absolute Gasteiger partial charge is 0.493 e. The second kappa shape index (κ2) is 15.2. The van der Waals surface area contributed by atoms with Gasteiger partial charge in [0.2, 0.25) is 5.91 Å². The summed E-state index contributed by atoms with van der Waals surface area (Å²) in [6.45, 7) is 11.3. The van der Waals surface area contributed by atoms with Gasteiger partial charge in [0.1, 0.15) is 0 Å². The Morgan fingerprint density at radius 3 is 2.50 bits per heavy atom. The third-order valence-electron chi connectivity index (χ3n) is 5.15. The van der Waals surface area contributed by atoms with Crippen LogP contribution in [-0.4, -0.2) is 87.7 Å². The fourth-order valence-electron chi connectivity index (χ4n) is 3.66. The maximum atomic E-state index is 12.0. The molecular weight excluding hydrogens is 521 g/mol. The number of hydrogen-bond donors (Lipinski definition) is 2. The van der Waals surface area contributed by atoms with Crippen LogP contribution in [0, 0.1) is 0 Å². The highest BCUT2D eigenvalue weighted by Gasteiger charge is 2.21. The van der Waals surface area contributed by atoms with E-state index < -0.39 is 0 Å². The summed E-state index contributed by atoms with van der Waals surface area (Å²) >= 11 is 0. The van der Waals surface area contributed by atoms with Crippen molar-refractivity contribution in [1.82, 2.24) is 20.4 Å². The number of ether oxygens (including phenoxy) is 2. The van der Waals surface area contributed by atoms with Gasteiger partial charge in [-0.1, -0.05) is 6.07 Å². The first kappa shape index (κ1) is 28.3. The number of aliphatic imine (C=N–C) groups is 1. The number of hydrogen-bond acceptors (Lipinski definition) is 5. The Hall–Kier alpha value is -1.75. The minimum absolute atomic E-state index is 0. The molecule has 1 saturated heterocycles. The van der Waals surface area contributed by atoms with Crippen LogP contribution in [0.1, 0.15) is 32.8 Å².